The number of hydrogen-bond acceptors (Lipinski definition) is 3. The maximum atomic E-state index is 12.1. The van der Waals surface area contributed by atoms with Gasteiger partial charge in [0.15, 0.2) is 0 Å². The summed E-state index contributed by atoms with van der Waals surface area (Å²) in [5.74, 6) is 1.41. The van der Waals surface area contributed by atoms with E-state index in [1.54, 1.807) is 23.9 Å². The van der Waals surface area contributed by atoms with Crippen molar-refractivity contribution < 1.29 is 17.9 Å². The van der Waals surface area contributed by atoms with Crippen molar-refractivity contribution in [1.29, 1.82) is 0 Å². The molecule has 0 saturated heterocycles. The molecule has 0 fully saturated rings. The van der Waals surface area contributed by atoms with Crippen LogP contribution in [-0.2, 0) is 6.54 Å². The highest BCUT2D eigenvalue weighted by Crippen LogP contribution is 2.31. The maximum absolute atomic E-state index is 12.1. The Hall–Kier alpha value is -0.400. The van der Waals surface area contributed by atoms with Gasteiger partial charge in [-0.2, -0.15) is 11.8 Å². The molecule has 1 aromatic rings. The Labute approximate surface area is 129 Å². The second-order valence-electron chi connectivity index (χ2n) is 4.50. The van der Waals surface area contributed by atoms with Gasteiger partial charge in [-0.05, 0) is 58.1 Å². The molecule has 1 atom stereocenters. The number of benzene rings is 1. The average molecular weight is 372 g/mol. The fourth-order valence-electron chi connectivity index (χ4n) is 1.67. The zero-order chi connectivity index (χ0) is 15.2. The lowest BCUT2D eigenvalue weighted by Gasteiger charge is -2.13. The number of halogens is 4. The number of rotatable bonds is 7. The van der Waals surface area contributed by atoms with Crippen LogP contribution in [0.2, 0.25) is 0 Å². The maximum Gasteiger partial charge on any atom is 0.573 e. The summed E-state index contributed by atoms with van der Waals surface area (Å²) < 4.78 is 40.6. The van der Waals surface area contributed by atoms with E-state index in [-0.39, 0.29) is 5.75 Å². The van der Waals surface area contributed by atoms with E-state index in [0.717, 1.165) is 17.9 Å². The summed E-state index contributed by atoms with van der Waals surface area (Å²) in [5.41, 5.74) is 0.905. The molecule has 1 rings (SSSR count). The van der Waals surface area contributed by atoms with Crippen molar-refractivity contribution in [3.8, 4) is 5.75 Å². The van der Waals surface area contributed by atoms with Gasteiger partial charge in [0.2, 0.25) is 0 Å². The van der Waals surface area contributed by atoms with Gasteiger partial charge in [0, 0.05) is 6.54 Å². The molecule has 0 aliphatic heterocycles. The van der Waals surface area contributed by atoms with Crippen molar-refractivity contribution in [3.05, 3.63) is 28.2 Å². The molecule has 114 valence electrons. The van der Waals surface area contributed by atoms with Gasteiger partial charge in [0.25, 0.3) is 0 Å². The monoisotopic (exact) mass is 371 g/mol. The molecule has 0 saturated carbocycles. The molecule has 0 bridgehead atoms. The quantitative estimate of drug-likeness (QED) is 0.765. The second-order valence-corrected chi connectivity index (χ2v) is 6.27. The van der Waals surface area contributed by atoms with Crippen molar-refractivity contribution >= 4 is 27.7 Å². The van der Waals surface area contributed by atoms with Crippen LogP contribution in [0.25, 0.3) is 0 Å². The van der Waals surface area contributed by atoms with E-state index in [2.05, 4.69) is 39.2 Å². The standard InChI is InChI=1S/C13H17BrF3NOS/c1-9(8-20-2)6-18-7-10-3-4-12(11(14)5-10)19-13(15,16)17/h3-5,9,18H,6-8H2,1-2H3. The summed E-state index contributed by atoms with van der Waals surface area (Å²) in [4.78, 5) is 0. The molecular formula is C13H17BrF3NOS. The van der Waals surface area contributed by atoms with Crippen molar-refractivity contribution in [2.45, 2.75) is 19.8 Å². The lowest BCUT2D eigenvalue weighted by atomic mass is 10.2. The third-order valence-electron chi connectivity index (χ3n) is 2.50. The van der Waals surface area contributed by atoms with E-state index in [9.17, 15) is 13.2 Å². The lowest BCUT2D eigenvalue weighted by Crippen LogP contribution is -2.22. The molecule has 0 aliphatic carbocycles. The van der Waals surface area contributed by atoms with Gasteiger partial charge in [-0.15, -0.1) is 13.2 Å². The number of hydrogen-bond donors (Lipinski definition) is 1. The van der Waals surface area contributed by atoms with Gasteiger partial charge in [-0.25, -0.2) is 0 Å². The number of alkyl halides is 3. The Morgan fingerprint density at radius 3 is 2.65 bits per heavy atom. The molecule has 1 unspecified atom stereocenters. The molecule has 1 aromatic carbocycles. The van der Waals surface area contributed by atoms with E-state index >= 15 is 0 Å². The van der Waals surface area contributed by atoms with Gasteiger partial charge in [0.1, 0.15) is 5.75 Å². The summed E-state index contributed by atoms with van der Waals surface area (Å²) in [6, 6.07) is 4.57. The number of ether oxygens (including phenoxy) is 1. The van der Waals surface area contributed by atoms with Crippen LogP contribution >= 0.6 is 27.7 Å². The summed E-state index contributed by atoms with van der Waals surface area (Å²) >= 11 is 4.88. The predicted octanol–water partition coefficient (Wildman–Crippen LogP) is 4.44. The first-order chi connectivity index (χ1) is 9.31. The van der Waals surface area contributed by atoms with Crippen molar-refractivity contribution in [1.82, 2.24) is 5.32 Å². The first-order valence-corrected chi connectivity index (χ1v) is 8.24. The molecule has 0 spiro atoms. The number of nitrogens with one attached hydrogen (secondary N) is 1. The highest BCUT2D eigenvalue weighted by Gasteiger charge is 2.31. The van der Waals surface area contributed by atoms with Crippen molar-refractivity contribution in [2.75, 3.05) is 18.6 Å². The zero-order valence-corrected chi connectivity index (χ0v) is 13.7. The average Bonchev–Trinajstić information content (AvgIpc) is 2.31. The molecule has 0 aliphatic rings. The molecule has 7 heteroatoms. The minimum atomic E-state index is -4.67. The van der Waals surface area contributed by atoms with E-state index in [1.165, 1.54) is 6.07 Å². The van der Waals surface area contributed by atoms with Crippen LogP contribution in [0.3, 0.4) is 0 Å². The van der Waals surface area contributed by atoms with E-state index in [1.807, 2.05) is 0 Å². The Bertz CT molecular complexity index is 429. The topological polar surface area (TPSA) is 21.3 Å². The summed E-state index contributed by atoms with van der Waals surface area (Å²) in [6.07, 6.45) is -2.61. The van der Waals surface area contributed by atoms with E-state index in [4.69, 9.17) is 0 Å². The van der Waals surface area contributed by atoms with E-state index < -0.39 is 6.36 Å². The van der Waals surface area contributed by atoms with Gasteiger partial charge in [0.05, 0.1) is 4.47 Å². The van der Waals surface area contributed by atoms with Gasteiger partial charge >= 0.3 is 6.36 Å². The Kier molecular flexibility index (Phi) is 7.19. The molecule has 0 amide bonds. The van der Waals surface area contributed by atoms with Crippen LogP contribution in [0.5, 0.6) is 5.75 Å². The predicted molar refractivity (Wildman–Crippen MR) is 80.1 cm³/mol. The van der Waals surface area contributed by atoms with Crippen molar-refractivity contribution in [2.24, 2.45) is 5.92 Å². The lowest BCUT2D eigenvalue weighted by molar-refractivity contribution is -0.274. The van der Waals surface area contributed by atoms with Crippen LogP contribution in [0.15, 0.2) is 22.7 Å². The minimum Gasteiger partial charge on any atom is -0.405 e. The van der Waals surface area contributed by atoms with Crippen LogP contribution in [0.1, 0.15) is 12.5 Å². The third-order valence-corrected chi connectivity index (χ3v) is 4.02. The largest absolute Gasteiger partial charge is 0.573 e. The normalized spacial score (nSPS) is 13.3. The first-order valence-electron chi connectivity index (χ1n) is 6.05. The minimum absolute atomic E-state index is 0.225. The number of thioether (sulfide) groups is 1. The molecular weight excluding hydrogens is 355 g/mol. The Morgan fingerprint density at radius 1 is 1.40 bits per heavy atom. The van der Waals surface area contributed by atoms with Crippen LogP contribution in [0, 0.1) is 5.92 Å². The van der Waals surface area contributed by atoms with E-state index in [0.29, 0.717) is 16.9 Å². The SMILES string of the molecule is CSCC(C)CNCc1ccc(OC(F)(F)F)c(Br)c1. The molecule has 1 N–H and O–H groups in total. The summed E-state index contributed by atoms with van der Waals surface area (Å²) in [5, 5.41) is 3.28. The molecule has 0 aromatic heterocycles. The molecule has 0 radical (unpaired) electrons. The van der Waals surface area contributed by atoms with Crippen LogP contribution in [0.4, 0.5) is 13.2 Å². The first kappa shape index (κ1) is 17.7. The fourth-order valence-corrected chi connectivity index (χ4v) is 2.86. The molecule has 2 nitrogen and oxygen atoms in total. The highest BCUT2D eigenvalue weighted by molar-refractivity contribution is 9.10. The Balaban J connectivity index is 2.51. The van der Waals surface area contributed by atoms with Crippen molar-refractivity contribution in [3.63, 3.8) is 0 Å². The van der Waals surface area contributed by atoms with Crippen LogP contribution < -0.4 is 10.1 Å². The second kappa shape index (κ2) is 8.14. The smallest absolute Gasteiger partial charge is 0.405 e. The Morgan fingerprint density at radius 2 is 2.10 bits per heavy atom. The summed E-state index contributed by atoms with van der Waals surface area (Å²) in [7, 11) is 0. The van der Waals surface area contributed by atoms with Crippen LogP contribution in [-0.4, -0.2) is 24.9 Å². The molecule has 20 heavy (non-hydrogen) atoms. The van der Waals surface area contributed by atoms with Gasteiger partial charge in [-0.3, -0.25) is 0 Å². The fraction of sp³-hybridized carbons (Fsp3) is 0.538. The van der Waals surface area contributed by atoms with Gasteiger partial charge in [-0.1, -0.05) is 13.0 Å². The van der Waals surface area contributed by atoms with Gasteiger partial charge < -0.3 is 10.1 Å². The molecule has 0 heterocycles. The highest BCUT2D eigenvalue weighted by atomic mass is 79.9. The third kappa shape index (κ3) is 6.85. The zero-order valence-electron chi connectivity index (χ0n) is 11.3. The summed E-state index contributed by atoms with van der Waals surface area (Å²) in [6.45, 7) is 3.64.